The van der Waals surface area contributed by atoms with Crippen molar-refractivity contribution in [2.45, 2.75) is 13.0 Å². The third-order valence-corrected chi connectivity index (χ3v) is 4.98. The Balaban J connectivity index is 2.29. The van der Waals surface area contributed by atoms with Crippen LogP contribution in [0.2, 0.25) is 5.02 Å². The average Bonchev–Trinajstić information content (AvgIpc) is 2.76. The van der Waals surface area contributed by atoms with Gasteiger partial charge in [0.1, 0.15) is 6.04 Å². The molecule has 0 spiro atoms. The summed E-state index contributed by atoms with van der Waals surface area (Å²) < 4.78 is 0.769. The number of halogens is 2. The molecule has 2 rings (SSSR count). The van der Waals surface area contributed by atoms with Gasteiger partial charge in [0, 0.05) is 15.0 Å². The van der Waals surface area contributed by atoms with Gasteiger partial charge in [-0.25, -0.2) is 0 Å². The molecule has 3 nitrogen and oxygen atoms in total. The Morgan fingerprint density at radius 1 is 1.47 bits per heavy atom. The van der Waals surface area contributed by atoms with E-state index in [-0.39, 0.29) is 0 Å². The number of aryl methyl sites for hydroxylation is 1. The summed E-state index contributed by atoms with van der Waals surface area (Å²) in [7, 11) is 0. The highest BCUT2D eigenvalue weighted by Gasteiger charge is 2.21. The summed E-state index contributed by atoms with van der Waals surface area (Å²) in [6.45, 7) is 1.96. The first kappa shape index (κ1) is 14.4. The van der Waals surface area contributed by atoms with Crippen LogP contribution < -0.4 is 11.1 Å². The maximum atomic E-state index is 11.6. The second-order valence-electron chi connectivity index (χ2n) is 4.08. The summed E-state index contributed by atoms with van der Waals surface area (Å²) >= 11 is 10.8. The Bertz CT molecular complexity index is 614. The highest BCUT2D eigenvalue weighted by atomic mass is 79.9. The maximum Gasteiger partial charge on any atom is 0.245 e. The Kier molecular flexibility index (Phi) is 4.50. The summed E-state index contributed by atoms with van der Waals surface area (Å²) in [5.74, 6) is -0.406. The predicted octanol–water partition coefficient (Wildman–Crippen LogP) is 4.11. The van der Waals surface area contributed by atoms with E-state index >= 15 is 0 Å². The fourth-order valence-electron chi connectivity index (χ4n) is 1.70. The molecule has 6 heteroatoms. The van der Waals surface area contributed by atoms with Gasteiger partial charge in [-0.2, -0.15) is 0 Å². The highest BCUT2D eigenvalue weighted by Crippen LogP contribution is 2.30. The predicted molar refractivity (Wildman–Crippen MR) is 83.8 cm³/mol. The summed E-state index contributed by atoms with van der Waals surface area (Å²) in [6, 6.07) is 6.82. The highest BCUT2D eigenvalue weighted by molar-refractivity contribution is 9.10. The third-order valence-electron chi connectivity index (χ3n) is 2.68. The summed E-state index contributed by atoms with van der Waals surface area (Å²) in [5, 5.41) is 5.70. The molecule has 0 saturated carbocycles. The largest absolute Gasteiger partial charge is 0.369 e. The summed E-state index contributed by atoms with van der Waals surface area (Å²) in [4.78, 5) is 12.6. The van der Waals surface area contributed by atoms with Crippen molar-refractivity contribution in [2.75, 3.05) is 5.32 Å². The lowest BCUT2D eigenvalue weighted by molar-refractivity contribution is -0.118. The smallest absolute Gasteiger partial charge is 0.245 e. The number of benzene rings is 1. The molecule has 100 valence electrons. The molecular formula is C13H12BrClN2OS. The molecule has 0 aliphatic carbocycles. The van der Waals surface area contributed by atoms with Crippen LogP contribution >= 0.6 is 38.9 Å². The molecule has 0 fully saturated rings. The molecule has 1 aromatic carbocycles. The van der Waals surface area contributed by atoms with Gasteiger partial charge >= 0.3 is 0 Å². The van der Waals surface area contributed by atoms with Crippen LogP contribution in [-0.4, -0.2) is 5.91 Å². The molecule has 1 unspecified atom stereocenters. The van der Waals surface area contributed by atoms with Crippen molar-refractivity contribution >= 4 is 50.5 Å². The number of hydrogen-bond acceptors (Lipinski definition) is 3. The average molecular weight is 360 g/mol. The van der Waals surface area contributed by atoms with Crippen molar-refractivity contribution in [3.05, 3.63) is 49.6 Å². The molecule has 0 saturated heterocycles. The van der Waals surface area contributed by atoms with E-state index < -0.39 is 11.9 Å². The standard InChI is InChI=1S/C13H12BrClN2OS/c1-7-4-5-19-12(7)11(13(16)18)17-8-2-3-10(15)9(14)6-8/h2-6,11,17H,1H3,(H2,16,18). The van der Waals surface area contributed by atoms with Crippen LogP contribution in [0.1, 0.15) is 16.5 Å². The van der Waals surface area contributed by atoms with E-state index in [1.807, 2.05) is 30.5 Å². The van der Waals surface area contributed by atoms with Crippen molar-refractivity contribution in [3.8, 4) is 0 Å². The summed E-state index contributed by atoms with van der Waals surface area (Å²) in [6.07, 6.45) is 0. The van der Waals surface area contributed by atoms with E-state index in [9.17, 15) is 4.79 Å². The van der Waals surface area contributed by atoms with Crippen LogP contribution in [0.5, 0.6) is 0 Å². The van der Waals surface area contributed by atoms with Gasteiger partial charge < -0.3 is 11.1 Å². The van der Waals surface area contributed by atoms with Crippen molar-refractivity contribution in [2.24, 2.45) is 5.73 Å². The zero-order chi connectivity index (χ0) is 14.0. The van der Waals surface area contributed by atoms with E-state index in [1.165, 1.54) is 11.3 Å². The molecular weight excluding hydrogens is 348 g/mol. The summed E-state index contributed by atoms with van der Waals surface area (Å²) in [5.41, 5.74) is 7.32. The molecule has 0 bridgehead atoms. The van der Waals surface area contributed by atoms with Crippen LogP contribution in [0.25, 0.3) is 0 Å². The lowest BCUT2D eigenvalue weighted by Gasteiger charge is -2.17. The van der Waals surface area contributed by atoms with Gasteiger partial charge in [0.25, 0.3) is 0 Å². The van der Waals surface area contributed by atoms with Gasteiger partial charge in [-0.1, -0.05) is 11.6 Å². The van der Waals surface area contributed by atoms with Crippen LogP contribution in [-0.2, 0) is 4.79 Å². The molecule has 0 aliphatic rings. The normalized spacial score (nSPS) is 12.2. The molecule has 3 N–H and O–H groups in total. The number of nitrogens with one attached hydrogen (secondary N) is 1. The van der Waals surface area contributed by atoms with Gasteiger partial charge in [0.15, 0.2) is 0 Å². The molecule has 19 heavy (non-hydrogen) atoms. The van der Waals surface area contributed by atoms with Crippen molar-refractivity contribution < 1.29 is 4.79 Å². The monoisotopic (exact) mass is 358 g/mol. The molecule has 0 radical (unpaired) electrons. The molecule has 1 amide bonds. The zero-order valence-corrected chi connectivity index (χ0v) is 13.3. The Morgan fingerprint density at radius 2 is 2.21 bits per heavy atom. The molecule has 2 aromatic rings. The van der Waals surface area contributed by atoms with Crippen LogP contribution in [0.4, 0.5) is 5.69 Å². The topological polar surface area (TPSA) is 55.1 Å². The zero-order valence-electron chi connectivity index (χ0n) is 10.1. The maximum absolute atomic E-state index is 11.6. The van der Waals surface area contributed by atoms with Gasteiger partial charge in [-0.05, 0) is 58.1 Å². The Morgan fingerprint density at radius 3 is 2.74 bits per heavy atom. The number of carbonyl (C=O) groups excluding carboxylic acids is 1. The van der Waals surface area contributed by atoms with E-state index in [4.69, 9.17) is 17.3 Å². The Hall–Kier alpha value is -1.04. The van der Waals surface area contributed by atoms with E-state index in [2.05, 4.69) is 21.2 Å². The van der Waals surface area contributed by atoms with Gasteiger partial charge in [0.05, 0.1) is 5.02 Å². The third kappa shape index (κ3) is 3.29. The first-order chi connectivity index (χ1) is 8.99. The molecule has 1 heterocycles. The lowest BCUT2D eigenvalue weighted by Crippen LogP contribution is -2.27. The molecule has 0 aliphatic heterocycles. The van der Waals surface area contributed by atoms with E-state index in [1.54, 1.807) is 6.07 Å². The number of hydrogen-bond donors (Lipinski definition) is 2. The minimum absolute atomic E-state index is 0.406. The van der Waals surface area contributed by atoms with E-state index in [0.29, 0.717) is 5.02 Å². The molecule has 1 atom stereocenters. The number of carbonyl (C=O) groups is 1. The second kappa shape index (κ2) is 5.94. The lowest BCUT2D eigenvalue weighted by atomic mass is 10.1. The van der Waals surface area contributed by atoms with Crippen molar-refractivity contribution in [1.29, 1.82) is 0 Å². The Labute approximate surface area is 128 Å². The number of amides is 1. The number of thiophene rings is 1. The number of primary amides is 1. The SMILES string of the molecule is Cc1ccsc1C(Nc1ccc(Cl)c(Br)c1)C(N)=O. The second-order valence-corrected chi connectivity index (χ2v) is 6.29. The van der Waals surface area contributed by atoms with Gasteiger partial charge in [-0.3, -0.25) is 4.79 Å². The van der Waals surface area contributed by atoms with Crippen molar-refractivity contribution in [1.82, 2.24) is 0 Å². The van der Waals surface area contributed by atoms with Crippen LogP contribution in [0.3, 0.4) is 0 Å². The minimum atomic E-state index is -0.534. The van der Waals surface area contributed by atoms with Crippen molar-refractivity contribution in [3.63, 3.8) is 0 Å². The minimum Gasteiger partial charge on any atom is -0.369 e. The first-order valence-electron chi connectivity index (χ1n) is 5.54. The molecule has 1 aromatic heterocycles. The van der Waals surface area contributed by atoms with Gasteiger partial charge in [0.2, 0.25) is 5.91 Å². The fraction of sp³-hybridized carbons (Fsp3) is 0.154. The fourth-order valence-corrected chi connectivity index (χ4v) is 3.18. The number of rotatable bonds is 4. The van der Waals surface area contributed by atoms with E-state index in [0.717, 1.165) is 20.6 Å². The first-order valence-corrected chi connectivity index (χ1v) is 7.59. The van der Waals surface area contributed by atoms with Crippen LogP contribution in [0.15, 0.2) is 34.1 Å². The quantitative estimate of drug-likeness (QED) is 0.863. The number of anilines is 1. The van der Waals surface area contributed by atoms with Crippen LogP contribution in [0, 0.1) is 6.92 Å². The number of nitrogens with two attached hydrogens (primary N) is 1. The van der Waals surface area contributed by atoms with Gasteiger partial charge in [-0.15, -0.1) is 11.3 Å².